The van der Waals surface area contributed by atoms with Gasteiger partial charge in [0.25, 0.3) is 0 Å². The third-order valence-electron chi connectivity index (χ3n) is 2.91. The zero-order valence-electron chi connectivity index (χ0n) is 9.63. The Morgan fingerprint density at radius 2 is 2.17 bits per heavy atom. The molecule has 0 amide bonds. The highest BCUT2D eigenvalue weighted by atomic mass is 32.2. The molecule has 3 rings (SSSR count). The van der Waals surface area contributed by atoms with Crippen LogP contribution in [0.15, 0.2) is 11.4 Å². The highest BCUT2D eigenvalue weighted by Crippen LogP contribution is 2.29. The van der Waals surface area contributed by atoms with E-state index in [0.717, 1.165) is 29.1 Å². The topological polar surface area (TPSA) is 84.1 Å². The number of anilines is 2. The van der Waals surface area contributed by atoms with E-state index in [1.54, 1.807) is 11.3 Å². The quantitative estimate of drug-likeness (QED) is 0.618. The maximum atomic E-state index is 11.4. The van der Waals surface area contributed by atoms with Gasteiger partial charge >= 0.3 is 0 Å². The van der Waals surface area contributed by atoms with Crippen molar-refractivity contribution in [2.24, 2.45) is 5.84 Å². The molecule has 2 aromatic rings. The summed E-state index contributed by atoms with van der Waals surface area (Å²) < 4.78 is 11.4. The summed E-state index contributed by atoms with van der Waals surface area (Å²) in [4.78, 5) is 11.8. The van der Waals surface area contributed by atoms with Gasteiger partial charge in [-0.15, -0.1) is 11.3 Å². The van der Waals surface area contributed by atoms with Gasteiger partial charge in [0, 0.05) is 35.4 Å². The molecule has 6 nitrogen and oxygen atoms in total. The van der Waals surface area contributed by atoms with E-state index in [0.29, 0.717) is 17.5 Å². The van der Waals surface area contributed by atoms with Gasteiger partial charge < -0.3 is 4.90 Å². The van der Waals surface area contributed by atoms with E-state index in [2.05, 4.69) is 20.3 Å². The first-order valence-corrected chi connectivity index (χ1v) is 7.96. The summed E-state index contributed by atoms with van der Waals surface area (Å²) in [6, 6.07) is 2.02. The van der Waals surface area contributed by atoms with Gasteiger partial charge in [-0.05, 0) is 11.4 Å². The second-order valence-electron chi connectivity index (χ2n) is 3.99. The van der Waals surface area contributed by atoms with E-state index >= 15 is 0 Å². The third-order valence-corrected chi connectivity index (χ3v) is 4.99. The molecule has 1 aliphatic heterocycles. The van der Waals surface area contributed by atoms with Crippen LogP contribution >= 0.6 is 11.3 Å². The van der Waals surface area contributed by atoms with E-state index in [9.17, 15) is 4.21 Å². The van der Waals surface area contributed by atoms with Crippen LogP contribution in [0.2, 0.25) is 0 Å². The molecule has 0 aromatic carbocycles. The van der Waals surface area contributed by atoms with Crippen molar-refractivity contribution in [3.05, 3.63) is 11.4 Å². The fourth-order valence-electron chi connectivity index (χ4n) is 2.00. The van der Waals surface area contributed by atoms with Crippen LogP contribution in [0.5, 0.6) is 0 Å². The van der Waals surface area contributed by atoms with E-state index in [4.69, 9.17) is 5.84 Å². The van der Waals surface area contributed by atoms with Crippen LogP contribution < -0.4 is 16.2 Å². The molecule has 0 bridgehead atoms. The van der Waals surface area contributed by atoms with Crippen LogP contribution in [-0.2, 0) is 10.8 Å². The van der Waals surface area contributed by atoms with Crippen molar-refractivity contribution in [3.63, 3.8) is 0 Å². The molecule has 0 unspecified atom stereocenters. The van der Waals surface area contributed by atoms with Crippen molar-refractivity contribution in [2.45, 2.75) is 0 Å². The number of nitrogens with one attached hydrogen (secondary N) is 1. The van der Waals surface area contributed by atoms with Gasteiger partial charge in [0.2, 0.25) is 5.95 Å². The van der Waals surface area contributed by atoms with Crippen LogP contribution in [0, 0.1) is 0 Å². The van der Waals surface area contributed by atoms with E-state index in [-0.39, 0.29) is 0 Å². The van der Waals surface area contributed by atoms with Gasteiger partial charge in [0.1, 0.15) is 10.6 Å². The monoisotopic (exact) mass is 283 g/mol. The van der Waals surface area contributed by atoms with Crippen LogP contribution in [-0.4, -0.2) is 38.8 Å². The van der Waals surface area contributed by atoms with E-state index in [1.807, 2.05) is 11.4 Å². The molecule has 8 heteroatoms. The normalized spacial score (nSPS) is 17.3. The van der Waals surface area contributed by atoms with Crippen LogP contribution in [0.1, 0.15) is 0 Å². The molecule has 1 saturated heterocycles. The Morgan fingerprint density at radius 3 is 2.89 bits per heavy atom. The van der Waals surface area contributed by atoms with Crippen molar-refractivity contribution < 1.29 is 4.21 Å². The van der Waals surface area contributed by atoms with E-state index in [1.165, 1.54) is 0 Å². The molecule has 0 atom stereocenters. The zero-order chi connectivity index (χ0) is 12.5. The number of nitrogen functional groups attached to an aromatic ring is 1. The predicted octanol–water partition coefficient (Wildman–Crippen LogP) is 0.546. The largest absolute Gasteiger partial charge is 0.354 e. The van der Waals surface area contributed by atoms with E-state index < -0.39 is 10.8 Å². The van der Waals surface area contributed by atoms with Crippen molar-refractivity contribution in [2.75, 3.05) is 34.9 Å². The molecular weight excluding hydrogens is 270 g/mol. The number of hydrazine groups is 1. The number of thiophene rings is 1. The maximum absolute atomic E-state index is 11.4. The van der Waals surface area contributed by atoms with Gasteiger partial charge in [-0.3, -0.25) is 9.63 Å². The molecule has 3 N–H and O–H groups in total. The lowest BCUT2D eigenvalue weighted by molar-refractivity contribution is 0.672. The highest BCUT2D eigenvalue weighted by Gasteiger charge is 2.20. The number of hydrogen-bond acceptors (Lipinski definition) is 7. The van der Waals surface area contributed by atoms with Gasteiger partial charge in [-0.25, -0.2) is 10.8 Å². The molecule has 0 spiro atoms. The Balaban J connectivity index is 2.03. The summed E-state index contributed by atoms with van der Waals surface area (Å²) in [6.07, 6.45) is 0. The van der Waals surface area contributed by atoms with Gasteiger partial charge in [-0.1, -0.05) is 0 Å². The lowest BCUT2D eigenvalue weighted by Gasteiger charge is -2.27. The number of rotatable bonds is 2. The maximum Gasteiger partial charge on any atom is 0.240 e. The summed E-state index contributed by atoms with van der Waals surface area (Å²) in [5.74, 6) is 8.09. The molecule has 1 aliphatic rings. The molecule has 18 heavy (non-hydrogen) atoms. The minimum absolute atomic E-state index is 0.423. The minimum atomic E-state index is -0.689. The first-order chi connectivity index (χ1) is 8.78. The second-order valence-corrected chi connectivity index (χ2v) is 6.58. The summed E-state index contributed by atoms with van der Waals surface area (Å²) >= 11 is 1.56. The average Bonchev–Trinajstić information content (AvgIpc) is 2.86. The number of aromatic nitrogens is 2. The summed E-state index contributed by atoms with van der Waals surface area (Å²) in [5, 5.41) is 3.03. The predicted molar refractivity (Wildman–Crippen MR) is 75.3 cm³/mol. The van der Waals surface area contributed by atoms with Gasteiger partial charge in [0.15, 0.2) is 0 Å². The summed E-state index contributed by atoms with van der Waals surface area (Å²) in [6.45, 7) is 1.52. The summed E-state index contributed by atoms with van der Waals surface area (Å²) in [7, 11) is -0.689. The molecule has 0 aliphatic carbocycles. The van der Waals surface area contributed by atoms with Crippen molar-refractivity contribution in [3.8, 4) is 0 Å². The lowest BCUT2D eigenvalue weighted by Crippen LogP contribution is -2.38. The number of nitrogens with two attached hydrogens (primary N) is 1. The van der Waals surface area contributed by atoms with Crippen LogP contribution in [0.4, 0.5) is 11.8 Å². The Kier molecular flexibility index (Phi) is 3.14. The molecular formula is C10H13N5OS2. The SMILES string of the molecule is NNc1nc(N2CCS(=O)CC2)c2ccsc2n1. The van der Waals surface area contributed by atoms with Crippen molar-refractivity contribution in [1.29, 1.82) is 0 Å². The number of fused-ring (bicyclic) bond motifs is 1. The summed E-state index contributed by atoms with van der Waals surface area (Å²) in [5.41, 5.74) is 2.49. The van der Waals surface area contributed by atoms with Crippen LogP contribution in [0.3, 0.4) is 0 Å². The van der Waals surface area contributed by atoms with Crippen LogP contribution in [0.25, 0.3) is 10.2 Å². The lowest BCUT2D eigenvalue weighted by atomic mass is 10.3. The Morgan fingerprint density at radius 1 is 1.39 bits per heavy atom. The molecule has 96 valence electrons. The average molecular weight is 283 g/mol. The molecule has 2 aromatic heterocycles. The minimum Gasteiger partial charge on any atom is -0.354 e. The Bertz CT molecular complexity index is 589. The molecule has 0 saturated carbocycles. The fraction of sp³-hybridized carbons (Fsp3) is 0.400. The number of nitrogens with zero attached hydrogens (tertiary/aromatic N) is 3. The van der Waals surface area contributed by atoms with Crippen molar-refractivity contribution >= 4 is 44.1 Å². The smallest absolute Gasteiger partial charge is 0.240 e. The van der Waals surface area contributed by atoms with Gasteiger partial charge in [0.05, 0.1) is 5.39 Å². The fourth-order valence-corrected chi connectivity index (χ4v) is 3.81. The zero-order valence-corrected chi connectivity index (χ0v) is 11.3. The Labute approximate surface area is 111 Å². The first kappa shape index (κ1) is 11.8. The molecule has 0 radical (unpaired) electrons. The first-order valence-electron chi connectivity index (χ1n) is 5.60. The van der Waals surface area contributed by atoms with Crippen molar-refractivity contribution in [1.82, 2.24) is 9.97 Å². The molecule has 1 fully saturated rings. The standard InChI is InChI=1S/C10H13N5OS2/c11-14-10-12-8(7-1-4-17-9(7)13-10)15-2-5-18(16)6-3-15/h1,4H,2-3,5-6,11H2,(H,12,13,14). The number of hydrogen-bond donors (Lipinski definition) is 2. The third kappa shape index (κ3) is 2.06. The molecule has 3 heterocycles. The second kappa shape index (κ2) is 4.79. The van der Waals surface area contributed by atoms with Gasteiger partial charge in [-0.2, -0.15) is 4.98 Å². The Hall–Kier alpha value is -1.25. The highest BCUT2D eigenvalue weighted by molar-refractivity contribution is 7.85.